The molecule has 88 valence electrons. The van der Waals surface area contributed by atoms with Crippen molar-refractivity contribution in [1.29, 1.82) is 0 Å². The van der Waals surface area contributed by atoms with Gasteiger partial charge in [0.05, 0.1) is 11.2 Å². The van der Waals surface area contributed by atoms with Crippen molar-refractivity contribution in [1.82, 2.24) is 9.38 Å². The number of carboxylic acid groups (broad SMARTS) is 1. The predicted octanol–water partition coefficient (Wildman–Crippen LogP) is 2.70. The number of hydrogen-bond donors (Lipinski definition) is 1. The molecule has 0 unspecified atom stereocenters. The molecule has 0 aliphatic heterocycles. The van der Waals surface area contributed by atoms with Crippen molar-refractivity contribution in [3.63, 3.8) is 0 Å². The normalized spacial score (nSPS) is 10.7. The second-order valence-corrected chi connectivity index (χ2v) is 3.95. The summed E-state index contributed by atoms with van der Waals surface area (Å²) in [6, 6.07) is 13.4. The second kappa shape index (κ2) is 4.00. The molecule has 0 saturated heterocycles. The molecule has 0 amide bonds. The molecular formula is C14H10N2O2. The van der Waals surface area contributed by atoms with Crippen molar-refractivity contribution in [3.05, 3.63) is 60.6 Å². The molecule has 3 aromatic rings. The fraction of sp³-hybridized carbons (Fsp3) is 0. The first-order valence-electron chi connectivity index (χ1n) is 5.52. The molecule has 0 spiro atoms. The van der Waals surface area contributed by atoms with Gasteiger partial charge >= 0.3 is 5.97 Å². The fourth-order valence-electron chi connectivity index (χ4n) is 1.96. The molecule has 0 fully saturated rings. The van der Waals surface area contributed by atoms with Crippen molar-refractivity contribution in [2.45, 2.75) is 0 Å². The summed E-state index contributed by atoms with van der Waals surface area (Å²) in [5, 5.41) is 9.08. The van der Waals surface area contributed by atoms with E-state index in [9.17, 15) is 4.79 Å². The smallest absolute Gasteiger partial charge is 0.356 e. The first-order chi connectivity index (χ1) is 8.75. The molecule has 18 heavy (non-hydrogen) atoms. The summed E-state index contributed by atoms with van der Waals surface area (Å²) >= 11 is 0. The van der Waals surface area contributed by atoms with Crippen molar-refractivity contribution in [2.24, 2.45) is 0 Å². The summed E-state index contributed by atoms with van der Waals surface area (Å²) in [4.78, 5) is 15.3. The van der Waals surface area contributed by atoms with Crippen LogP contribution in [0.15, 0.2) is 54.9 Å². The number of fused-ring (bicyclic) bond motifs is 1. The van der Waals surface area contributed by atoms with E-state index in [4.69, 9.17) is 5.11 Å². The topological polar surface area (TPSA) is 54.6 Å². The van der Waals surface area contributed by atoms with E-state index in [1.807, 2.05) is 48.7 Å². The number of benzene rings is 1. The van der Waals surface area contributed by atoms with Crippen LogP contribution in [0.1, 0.15) is 10.5 Å². The maximum absolute atomic E-state index is 11.1. The Balaban J connectivity index is 2.33. The molecule has 0 bridgehead atoms. The van der Waals surface area contributed by atoms with E-state index in [0.29, 0.717) is 5.69 Å². The lowest BCUT2D eigenvalue weighted by Gasteiger charge is -2.06. The summed E-state index contributed by atoms with van der Waals surface area (Å²) < 4.78 is 1.78. The van der Waals surface area contributed by atoms with Gasteiger partial charge in [0.25, 0.3) is 0 Å². The quantitative estimate of drug-likeness (QED) is 0.746. The molecule has 0 aliphatic rings. The van der Waals surface area contributed by atoms with E-state index >= 15 is 0 Å². The number of rotatable bonds is 2. The molecule has 0 radical (unpaired) electrons. The van der Waals surface area contributed by atoms with Crippen LogP contribution in [0.5, 0.6) is 0 Å². The summed E-state index contributed by atoms with van der Waals surface area (Å²) in [6.07, 6.45) is 3.33. The SMILES string of the molecule is O=C(O)c1cn2cccc2c(-c2ccccc2)n1. The van der Waals surface area contributed by atoms with Crippen molar-refractivity contribution in [2.75, 3.05) is 0 Å². The minimum atomic E-state index is -1.03. The van der Waals surface area contributed by atoms with Gasteiger partial charge in [-0.05, 0) is 12.1 Å². The Morgan fingerprint density at radius 1 is 1.11 bits per heavy atom. The summed E-state index contributed by atoms with van der Waals surface area (Å²) in [5.74, 6) is -1.03. The highest BCUT2D eigenvalue weighted by Crippen LogP contribution is 2.23. The molecule has 0 aliphatic carbocycles. The lowest BCUT2D eigenvalue weighted by molar-refractivity contribution is 0.0690. The zero-order valence-corrected chi connectivity index (χ0v) is 9.45. The fourth-order valence-corrected chi connectivity index (χ4v) is 1.96. The molecule has 2 aromatic heterocycles. The summed E-state index contributed by atoms with van der Waals surface area (Å²) in [5.41, 5.74) is 2.52. The molecule has 4 heteroatoms. The Morgan fingerprint density at radius 3 is 2.61 bits per heavy atom. The summed E-state index contributed by atoms with van der Waals surface area (Å²) in [6.45, 7) is 0. The van der Waals surface area contributed by atoms with Gasteiger partial charge in [-0.3, -0.25) is 0 Å². The monoisotopic (exact) mass is 238 g/mol. The van der Waals surface area contributed by atoms with Crippen LogP contribution in [0.25, 0.3) is 16.8 Å². The third kappa shape index (κ3) is 1.64. The minimum Gasteiger partial charge on any atom is -0.476 e. The minimum absolute atomic E-state index is 0.0394. The molecule has 0 atom stereocenters. The van der Waals surface area contributed by atoms with Crippen LogP contribution in [0.2, 0.25) is 0 Å². The van der Waals surface area contributed by atoms with Crippen LogP contribution in [-0.4, -0.2) is 20.5 Å². The zero-order chi connectivity index (χ0) is 12.5. The first kappa shape index (κ1) is 10.5. The van der Waals surface area contributed by atoms with E-state index in [1.54, 1.807) is 4.40 Å². The van der Waals surface area contributed by atoms with Gasteiger partial charge in [-0.15, -0.1) is 0 Å². The lowest BCUT2D eigenvalue weighted by Crippen LogP contribution is -2.04. The van der Waals surface area contributed by atoms with Crippen molar-refractivity contribution < 1.29 is 9.90 Å². The Morgan fingerprint density at radius 2 is 1.89 bits per heavy atom. The van der Waals surface area contributed by atoms with Gasteiger partial charge < -0.3 is 9.51 Å². The van der Waals surface area contributed by atoms with E-state index < -0.39 is 5.97 Å². The first-order valence-corrected chi connectivity index (χ1v) is 5.52. The second-order valence-electron chi connectivity index (χ2n) is 3.95. The van der Waals surface area contributed by atoms with Gasteiger partial charge in [0.1, 0.15) is 0 Å². The van der Waals surface area contributed by atoms with Gasteiger partial charge in [-0.25, -0.2) is 9.78 Å². The molecule has 4 nitrogen and oxygen atoms in total. The molecule has 1 N–H and O–H groups in total. The number of hydrogen-bond acceptors (Lipinski definition) is 2. The summed E-state index contributed by atoms with van der Waals surface area (Å²) in [7, 11) is 0. The van der Waals surface area contributed by atoms with E-state index in [0.717, 1.165) is 11.1 Å². The van der Waals surface area contributed by atoms with Crippen molar-refractivity contribution >= 4 is 11.5 Å². The van der Waals surface area contributed by atoms with Gasteiger partial charge in [-0.2, -0.15) is 0 Å². The molecule has 3 rings (SSSR count). The molecule has 1 aromatic carbocycles. The third-order valence-electron chi connectivity index (χ3n) is 2.78. The molecular weight excluding hydrogens is 228 g/mol. The van der Waals surface area contributed by atoms with E-state index in [2.05, 4.69) is 4.98 Å². The average Bonchev–Trinajstić information content (AvgIpc) is 2.86. The Labute approximate surface area is 103 Å². The average molecular weight is 238 g/mol. The highest BCUT2D eigenvalue weighted by atomic mass is 16.4. The maximum Gasteiger partial charge on any atom is 0.356 e. The number of carboxylic acids is 1. The van der Waals surface area contributed by atoms with Crippen LogP contribution in [-0.2, 0) is 0 Å². The number of aromatic nitrogens is 2. The largest absolute Gasteiger partial charge is 0.476 e. The standard InChI is InChI=1S/C14H10N2O2/c17-14(18)11-9-16-8-4-7-12(16)13(15-11)10-5-2-1-3-6-10/h1-9H,(H,17,18). The van der Waals surface area contributed by atoms with Gasteiger partial charge in [0.2, 0.25) is 0 Å². The van der Waals surface area contributed by atoms with Crippen LogP contribution in [0, 0.1) is 0 Å². The Hall–Kier alpha value is -2.62. The van der Waals surface area contributed by atoms with Crippen LogP contribution >= 0.6 is 0 Å². The molecule has 0 saturated carbocycles. The highest BCUT2D eigenvalue weighted by Gasteiger charge is 2.12. The highest BCUT2D eigenvalue weighted by molar-refractivity contribution is 5.88. The zero-order valence-electron chi connectivity index (χ0n) is 9.45. The van der Waals surface area contributed by atoms with E-state index in [-0.39, 0.29) is 5.69 Å². The van der Waals surface area contributed by atoms with Gasteiger partial charge in [0.15, 0.2) is 5.69 Å². The predicted molar refractivity (Wildman–Crippen MR) is 67.6 cm³/mol. The van der Waals surface area contributed by atoms with Crippen LogP contribution in [0.3, 0.4) is 0 Å². The number of nitrogens with zero attached hydrogens (tertiary/aromatic N) is 2. The molecule has 2 heterocycles. The number of aromatic carboxylic acids is 1. The Bertz CT molecular complexity index is 717. The third-order valence-corrected chi connectivity index (χ3v) is 2.78. The van der Waals surface area contributed by atoms with Crippen LogP contribution in [0.4, 0.5) is 0 Å². The van der Waals surface area contributed by atoms with Gasteiger partial charge in [0, 0.05) is 18.0 Å². The number of carbonyl (C=O) groups is 1. The Kier molecular flexibility index (Phi) is 2.34. The maximum atomic E-state index is 11.1. The van der Waals surface area contributed by atoms with Gasteiger partial charge in [-0.1, -0.05) is 30.3 Å². The van der Waals surface area contributed by atoms with Crippen molar-refractivity contribution in [3.8, 4) is 11.3 Å². The van der Waals surface area contributed by atoms with Crippen LogP contribution < -0.4 is 0 Å². The van der Waals surface area contributed by atoms with E-state index in [1.165, 1.54) is 6.20 Å². The lowest BCUT2D eigenvalue weighted by atomic mass is 10.1.